The van der Waals surface area contributed by atoms with Crippen LogP contribution in [0.25, 0.3) is 0 Å². The van der Waals surface area contributed by atoms with Gasteiger partial charge in [0, 0.05) is 6.04 Å². The molecule has 25 heavy (non-hydrogen) atoms. The summed E-state index contributed by atoms with van der Waals surface area (Å²) in [6.45, 7) is 7.27. The van der Waals surface area contributed by atoms with E-state index in [0.29, 0.717) is 28.0 Å². The fraction of sp³-hybridized carbons (Fsp3) is 0.684. The molecule has 6 heteroatoms. The zero-order valence-electron chi connectivity index (χ0n) is 15.5. The van der Waals surface area contributed by atoms with Crippen molar-refractivity contribution < 1.29 is 9.59 Å². The molecule has 2 aliphatic carbocycles. The van der Waals surface area contributed by atoms with Gasteiger partial charge in [-0.15, -0.1) is 0 Å². The lowest BCUT2D eigenvalue weighted by Gasteiger charge is -2.28. The number of carbonyl (C=O) groups is 2. The van der Waals surface area contributed by atoms with Gasteiger partial charge < -0.3 is 5.32 Å². The third-order valence-corrected chi connectivity index (χ3v) is 6.66. The molecule has 0 spiro atoms. The second kappa shape index (κ2) is 7.44. The Balaban J connectivity index is 1.58. The molecule has 4 atom stereocenters. The van der Waals surface area contributed by atoms with E-state index in [2.05, 4.69) is 22.2 Å². The van der Waals surface area contributed by atoms with Crippen LogP contribution in [0.3, 0.4) is 0 Å². The van der Waals surface area contributed by atoms with Crippen LogP contribution < -0.4 is 5.32 Å². The summed E-state index contributed by atoms with van der Waals surface area (Å²) in [6, 6.07) is 0.226. The first-order valence-corrected chi connectivity index (χ1v) is 10.1. The Bertz CT molecular complexity index is 691. The second-order valence-electron chi connectivity index (χ2n) is 7.58. The van der Waals surface area contributed by atoms with Crippen molar-refractivity contribution in [2.45, 2.75) is 64.4 Å². The zero-order valence-corrected chi connectivity index (χ0v) is 16.3. The number of Topliss-reactive ketones (excluding diaryl/α,β-unsaturated/α-hetero) is 1. The van der Waals surface area contributed by atoms with Crippen LogP contribution in [-0.4, -0.2) is 33.5 Å². The summed E-state index contributed by atoms with van der Waals surface area (Å²) in [4.78, 5) is 32.9. The lowest BCUT2D eigenvalue weighted by Crippen LogP contribution is -2.40. The first-order valence-electron chi connectivity index (χ1n) is 9.13. The normalized spacial score (nSPS) is 25.8. The Morgan fingerprint density at radius 3 is 2.60 bits per heavy atom. The molecule has 1 amide bonds. The summed E-state index contributed by atoms with van der Waals surface area (Å²) in [7, 11) is 0. The largest absolute Gasteiger partial charge is 0.353 e. The maximum Gasteiger partial charge on any atom is 0.230 e. The number of hydrogen-bond acceptors (Lipinski definition) is 5. The third-order valence-electron chi connectivity index (χ3n) is 5.68. The molecule has 1 heterocycles. The molecule has 1 aromatic rings. The summed E-state index contributed by atoms with van der Waals surface area (Å²) in [5.41, 5.74) is 1.21. The molecular weight excluding hydrogens is 334 g/mol. The standard InChI is InChI=1S/C19H27N3O2S/c1-10(16-8-14-5-6-15(16)7-14)21-17(24)9-25-19-18(12(3)23)11(2)20-13(4)22-19/h10,14-16H,5-9H2,1-4H3,(H,21,24)/t10-,14-,15-,16-/m0/s1. The second-order valence-corrected chi connectivity index (χ2v) is 8.54. The minimum absolute atomic E-state index is 0.0173. The van der Waals surface area contributed by atoms with Gasteiger partial charge in [-0.2, -0.15) is 0 Å². The molecule has 0 saturated heterocycles. The van der Waals surface area contributed by atoms with Crippen molar-refractivity contribution in [3.63, 3.8) is 0 Å². The van der Waals surface area contributed by atoms with Crippen LogP contribution >= 0.6 is 11.8 Å². The highest BCUT2D eigenvalue weighted by Crippen LogP contribution is 2.49. The average Bonchev–Trinajstić information content (AvgIpc) is 3.14. The van der Waals surface area contributed by atoms with E-state index >= 15 is 0 Å². The van der Waals surface area contributed by atoms with Crippen molar-refractivity contribution in [2.75, 3.05) is 5.75 Å². The smallest absolute Gasteiger partial charge is 0.230 e. The van der Waals surface area contributed by atoms with Crippen LogP contribution in [0.2, 0.25) is 0 Å². The van der Waals surface area contributed by atoms with E-state index in [1.165, 1.54) is 44.4 Å². The number of hydrogen-bond donors (Lipinski definition) is 1. The minimum Gasteiger partial charge on any atom is -0.353 e. The average molecular weight is 362 g/mol. The summed E-state index contributed by atoms with van der Waals surface area (Å²) < 4.78 is 0. The van der Waals surface area contributed by atoms with Gasteiger partial charge in [0.1, 0.15) is 10.9 Å². The number of thioether (sulfide) groups is 1. The van der Waals surface area contributed by atoms with E-state index in [-0.39, 0.29) is 23.5 Å². The number of aromatic nitrogens is 2. The molecule has 2 aliphatic rings. The molecule has 2 fully saturated rings. The molecule has 0 aliphatic heterocycles. The number of aryl methyl sites for hydroxylation is 2. The van der Waals surface area contributed by atoms with Crippen LogP contribution in [0.5, 0.6) is 0 Å². The molecule has 2 bridgehead atoms. The Morgan fingerprint density at radius 1 is 1.24 bits per heavy atom. The lowest BCUT2D eigenvalue weighted by atomic mass is 9.84. The Morgan fingerprint density at radius 2 is 2.00 bits per heavy atom. The van der Waals surface area contributed by atoms with E-state index in [9.17, 15) is 9.59 Å². The predicted molar refractivity (Wildman–Crippen MR) is 98.8 cm³/mol. The number of nitrogens with one attached hydrogen (secondary N) is 1. The maximum atomic E-state index is 12.4. The zero-order chi connectivity index (χ0) is 18.1. The highest BCUT2D eigenvalue weighted by molar-refractivity contribution is 8.00. The molecule has 3 rings (SSSR count). The molecule has 136 valence electrons. The van der Waals surface area contributed by atoms with Crippen LogP contribution in [-0.2, 0) is 4.79 Å². The quantitative estimate of drug-likeness (QED) is 0.478. The fourth-order valence-electron chi connectivity index (χ4n) is 4.63. The summed E-state index contributed by atoms with van der Waals surface area (Å²) in [5.74, 6) is 3.17. The highest BCUT2D eigenvalue weighted by atomic mass is 32.2. The van der Waals surface area contributed by atoms with Crippen molar-refractivity contribution in [1.29, 1.82) is 0 Å². The SMILES string of the molecule is CC(=O)c1c(C)nc(C)nc1SCC(=O)N[C@@H](C)[C@@H]1C[C@H]2CC[C@H]1C2. The van der Waals surface area contributed by atoms with Crippen molar-refractivity contribution in [3.8, 4) is 0 Å². The molecule has 1 N–H and O–H groups in total. The van der Waals surface area contributed by atoms with Gasteiger partial charge in [0.2, 0.25) is 5.91 Å². The number of rotatable bonds is 6. The van der Waals surface area contributed by atoms with Gasteiger partial charge in [-0.25, -0.2) is 9.97 Å². The van der Waals surface area contributed by atoms with Crippen molar-refractivity contribution in [3.05, 3.63) is 17.1 Å². The monoisotopic (exact) mass is 361 g/mol. The number of ketones is 1. The maximum absolute atomic E-state index is 12.4. The van der Waals surface area contributed by atoms with Crippen LogP contribution in [0.4, 0.5) is 0 Å². The van der Waals surface area contributed by atoms with Crippen LogP contribution in [0, 0.1) is 31.6 Å². The Hall–Kier alpha value is -1.43. The van der Waals surface area contributed by atoms with Crippen LogP contribution in [0.15, 0.2) is 5.03 Å². The van der Waals surface area contributed by atoms with Gasteiger partial charge in [0.05, 0.1) is 17.0 Å². The van der Waals surface area contributed by atoms with Crippen LogP contribution in [0.1, 0.15) is 61.4 Å². The number of carbonyl (C=O) groups excluding carboxylic acids is 2. The number of nitrogens with zero attached hydrogens (tertiary/aromatic N) is 2. The molecular formula is C19H27N3O2S. The first-order chi connectivity index (χ1) is 11.8. The molecule has 0 radical (unpaired) electrons. The minimum atomic E-state index is -0.0595. The molecule has 2 saturated carbocycles. The lowest BCUT2D eigenvalue weighted by molar-refractivity contribution is -0.119. The number of amides is 1. The van der Waals surface area contributed by atoms with Gasteiger partial charge in [-0.1, -0.05) is 18.2 Å². The molecule has 0 aromatic carbocycles. The van der Waals surface area contributed by atoms with Gasteiger partial charge in [0.15, 0.2) is 5.78 Å². The summed E-state index contributed by atoms with van der Waals surface area (Å²) >= 11 is 1.33. The third kappa shape index (κ3) is 4.05. The number of fused-ring (bicyclic) bond motifs is 2. The van der Waals surface area contributed by atoms with Crippen molar-refractivity contribution in [2.24, 2.45) is 17.8 Å². The van der Waals surface area contributed by atoms with E-state index in [0.717, 1.165) is 11.8 Å². The van der Waals surface area contributed by atoms with Gasteiger partial charge in [-0.05, 0) is 64.7 Å². The van der Waals surface area contributed by atoms with E-state index in [1.54, 1.807) is 6.92 Å². The van der Waals surface area contributed by atoms with Crippen molar-refractivity contribution >= 4 is 23.5 Å². The van der Waals surface area contributed by atoms with E-state index < -0.39 is 0 Å². The van der Waals surface area contributed by atoms with E-state index in [4.69, 9.17) is 0 Å². The Kier molecular flexibility index (Phi) is 5.46. The highest BCUT2D eigenvalue weighted by Gasteiger charge is 2.42. The predicted octanol–water partition coefficient (Wildman–Crippen LogP) is 3.33. The first kappa shape index (κ1) is 18.4. The summed E-state index contributed by atoms with van der Waals surface area (Å²) in [5, 5.41) is 3.78. The molecule has 5 nitrogen and oxygen atoms in total. The topological polar surface area (TPSA) is 72.0 Å². The molecule has 1 aromatic heterocycles. The van der Waals surface area contributed by atoms with Gasteiger partial charge in [-0.3, -0.25) is 9.59 Å². The van der Waals surface area contributed by atoms with Gasteiger partial charge >= 0.3 is 0 Å². The Labute approximate surface area is 153 Å². The summed E-state index contributed by atoms with van der Waals surface area (Å²) in [6.07, 6.45) is 5.31. The fourth-order valence-corrected chi connectivity index (χ4v) is 5.62. The van der Waals surface area contributed by atoms with Crippen molar-refractivity contribution in [1.82, 2.24) is 15.3 Å². The van der Waals surface area contributed by atoms with E-state index in [1.807, 2.05) is 6.92 Å². The van der Waals surface area contributed by atoms with Gasteiger partial charge in [0.25, 0.3) is 0 Å². The molecule has 0 unspecified atom stereocenters.